The normalized spacial score (nSPS) is 16.6. The number of anilines is 1. The highest BCUT2D eigenvalue weighted by molar-refractivity contribution is 5.96. The predicted octanol–water partition coefficient (Wildman–Crippen LogP) is 2.21. The van der Waals surface area contributed by atoms with Gasteiger partial charge < -0.3 is 10.6 Å². The van der Waals surface area contributed by atoms with Gasteiger partial charge in [-0.15, -0.1) is 0 Å². The van der Waals surface area contributed by atoms with Crippen LogP contribution in [0.2, 0.25) is 0 Å². The van der Waals surface area contributed by atoms with Crippen LogP contribution < -0.4 is 10.6 Å². The first-order chi connectivity index (χ1) is 10.3. The zero-order valence-corrected chi connectivity index (χ0v) is 11.5. The average Bonchev–Trinajstić information content (AvgIpc) is 2.55. The first-order valence-electron chi connectivity index (χ1n) is 6.88. The third-order valence-corrected chi connectivity index (χ3v) is 3.70. The molecule has 1 aliphatic rings. The van der Waals surface area contributed by atoms with Crippen LogP contribution in [0.1, 0.15) is 16.7 Å². The molecule has 0 aromatic heterocycles. The molecule has 0 spiro atoms. The van der Waals surface area contributed by atoms with E-state index in [1.807, 2.05) is 12.1 Å². The summed E-state index contributed by atoms with van der Waals surface area (Å²) in [4.78, 5) is 12.4. The molecule has 1 amide bonds. The first-order valence-corrected chi connectivity index (χ1v) is 6.88. The molecule has 21 heavy (non-hydrogen) atoms. The molecule has 1 aliphatic heterocycles. The minimum Gasteiger partial charge on any atom is -0.324 e. The van der Waals surface area contributed by atoms with Crippen LogP contribution in [0.15, 0.2) is 48.5 Å². The van der Waals surface area contributed by atoms with E-state index in [9.17, 15) is 4.79 Å². The molecule has 1 heterocycles. The topological polar surface area (TPSA) is 64.9 Å². The standard InChI is InChI=1S/C17H15N3O/c18-10-13-6-3-4-8-15(13)20-17(21)16-9-12-5-1-2-7-14(12)11-19-16/h1-8,16,19H,9,11H2,(H,20,21). The van der Waals surface area contributed by atoms with Gasteiger partial charge in [0, 0.05) is 6.54 Å². The van der Waals surface area contributed by atoms with Crippen molar-refractivity contribution < 1.29 is 4.79 Å². The Kier molecular flexibility index (Phi) is 3.67. The maximum atomic E-state index is 12.4. The number of nitriles is 1. The van der Waals surface area contributed by atoms with Crippen LogP contribution in [0.5, 0.6) is 0 Å². The van der Waals surface area contributed by atoms with E-state index >= 15 is 0 Å². The van der Waals surface area contributed by atoms with Crippen LogP contribution in [0, 0.1) is 11.3 Å². The van der Waals surface area contributed by atoms with E-state index in [1.54, 1.807) is 24.3 Å². The molecule has 1 atom stereocenters. The van der Waals surface area contributed by atoms with Crippen molar-refractivity contribution in [3.8, 4) is 6.07 Å². The molecule has 0 saturated heterocycles. The summed E-state index contributed by atoms with van der Waals surface area (Å²) in [7, 11) is 0. The van der Waals surface area contributed by atoms with Gasteiger partial charge in [-0.05, 0) is 29.7 Å². The van der Waals surface area contributed by atoms with Crippen molar-refractivity contribution in [2.75, 3.05) is 5.32 Å². The van der Waals surface area contributed by atoms with Crippen molar-refractivity contribution in [1.82, 2.24) is 5.32 Å². The number of hydrogen-bond donors (Lipinski definition) is 2. The third kappa shape index (κ3) is 2.78. The molecule has 3 rings (SSSR count). The van der Waals surface area contributed by atoms with Gasteiger partial charge in [-0.3, -0.25) is 4.79 Å². The van der Waals surface area contributed by atoms with E-state index in [1.165, 1.54) is 11.1 Å². The fraction of sp³-hybridized carbons (Fsp3) is 0.176. The van der Waals surface area contributed by atoms with Gasteiger partial charge in [0.05, 0.1) is 17.3 Å². The van der Waals surface area contributed by atoms with Crippen LogP contribution in [0.25, 0.3) is 0 Å². The summed E-state index contributed by atoms with van der Waals surface area (Å²) in [6.07, 6.45) is 0.663. The molecular weight excluding hydrogens is 262 g/mol. The summed E-state index contributed by atoms with van der Waals surface area (Å²) in [6.45, 7) is 0.689. The number of amides is 1. The number of fused-ring (bicyclic) bond motifs is 1. The second-order valence-electron chi connectivity index (χ2n) is 5.05. The summed E-state index contributed by atoms with van der Waals surface area (Å²) in [5, 5.41) is 15.1. The number of hydrogen-bond acceptors (Lipinski definition) is 3. The largest absolute Gasteiger partial charge is 0.324 e. The Morgan fingerprint density at radius 1 is 1.14 bits per heavy atom. The van der Waals surface area contributed by atoms with Crippen LogP contribution in [-0.2, 0) is 17.8 Å². The van der Waals surface area contributed by atoms with Gasteiger partial charge in [-0.2, -0.15) is 5.26 Å². The smallest absolute Gasteiger partial charge is 0.241 e. The molecule has 4 nitrogen and oxygen atoms in total. The highest BCUT2D eigenvalue weighted by atomic mass is 16.2. The number of nitrogens with zero attached hydrogens (tertiary/aromatic N) is 1. The molecule has 4 heteroatoms. The fourth-order valence-corrected chi connectivity index (χ4v) is 2.55. The summed E-state index contributed by atoms with van der Waals surface area (Å²) in [5.74, 6) is -0.104. The third-order valence-electron chi connectivity index (χ3n) is 3.70. The molecule has 2 aromatic rings. The summed E-state index contributed by atoms with van der Waals surface area (Å²) >= 11 is 0. The van der Waals surface area contributed by atoms with Crippen molar-refractivity contribution >= 4 is 11.6 Å². The molecule has 2 aromatic carbocycles. The van der Waals surface area contributed by atoms with Gasteiger partial charge >= 0.3 is 0 Å². The van der Waals surface area contributed by atoms with Crippen LogP contribution in [-0.4, -0.2) is 11.9 Å². The molecule has 0 radical (unpaired) electrons. The molecule has 2 N–H and O–H groups in total. The molecular formula is C17H15N3O. The van der Waals surface area contributed by atoms with E-state index in [0.29, 0.717) is 24.2 Å². The van der Waals surface area contributed by atoms with E-state index in [-0.39, 0.29) is 11.9 Å². The summed E-state index contributed by atoms with van der Waals surface area (Å²) in [6, 6.07) is 17.0. The van der Waals surface area contributed by atoms with Gasteiger partial charge in [0.15, 0.2) is 0 Å². The molecule has 0 bridgehead atoms. The van der Waals surface area contributed by atoms with Crippen molar-refractivity contribution in [1.29, 1.82) is 5.26 Å². The lowest BCUT2D eigenvalue weighted by Gasteiger charge is -2.25. The second kappa shape index (κ2) is 5.78. The Labute approximate surface area is 123 Å². The zero-order chi connectivity index (χ0) is 14.7. The van der Waals surface area contributed by atoms with Crippen molar-refractivity contribution in [3.63, 3.8) is 0 Å². The highest BCUT2D eigenvalue weighted by Crippen LogP contribution is 2.18. The maximum Gasteiger partial charge on any atom is 0.241 e. The minimum atomic E-state index is -0.272. The van der Waals surface area contributed by atoms with Gasteiger partial charge in [-0.1, -0.05) is 36.4 Å². The van der Waals surface area contributed by atoms with E-state index in [2.05, 4.69) is 28.8 Å². The Morgan fingerprint density at radius 2 is 1.86 bits per heavy atom. The van der Waals surface area contributed by atoms with E-state index in [0.717, 1.165) is 0 Å². The second-order valence-corrected chi connectivity index (χ2v) is 5.05. The number of carbonyl (C=O) groups excluding carboxylic acids is 1. The van der Waals surface area contributed by atoms with Gasteiger partial charge in [0.1, 0.15) is 6.07 Å². The summed E-state index contributed by atoms with van der Waals surface area (Å²) < 4.78 is 0. The lowest BCUT2D eigenvalue weighted by molar-refractivity contribution is -0.118. The van der Waals surface area contributed by atoms with Crippen molar-refractivity contribution in [3.05, 3.63) is 65.2 Å². The number of carbonyl (C=O) groups is 1. The Morgan fingerprint density at radius 3 is 2.67 bits per heavy atom. The van der Waals surface area contributed by atoms with Gasteiger partial charge in [0.2, 0.25) is 5.91 Å². The van der Waals surface area contributed by atoms with Gasteiger partial charge in [0.25, 0.3) is 0 Å². The quantitative estimate of drug-likeness (QED) is 0.884. The minimum absolute atomic E-state index is 0.104. The molecule has 0 aliphatic carbocycles. The molecule has 0 saturated carbocycles. The van der Waals surface area contributed by atoms with Crippen LogP contribution in [0.4, 0.5) is 5.69 Å². The maximum absolute atomic E-state index is 12.4. The zero-order valence-electron chi connectivity index (χ0n) is 11.5. The highest BCUT2D eigenvalue weighted by Gasteiger charge is 2.24. The number of para-hydroxylation sites is 1. The van der Waals surface area contributed by atoms with Crippen molar-refractivity contribution in [2.45, 2.75) is 19.0 Å². The lowest BCUT2D eigenvalue weighted by atomic mass is 9.95. The number of benzene rings is 2. The molecule has 104 valence electrons. The lowest BCUT2D eigenvalue weighted by Crippen LogP contribution is -2.44. The number of rotatable bonds is 2. The van der Waals surface area contributed by atoms with E-state index in [4.69, 9.17) is 5.26 Å². The molecule has 1 unspecified atom stereocenters. The Balaban J connectivity index is 1.74. The van der Waals surface area contributed by atoms with Gasteiger partial charge in [-0.25, -0.2) is 0 Å². The monoisotopic (exact) mass is 277 g/mol. The van der Waals surface area contributed by atoms with E-state index < -0.39 is 0 Å². The molecule has 0 fully saturated rings. The number of nitrogens with one attached hydrogen (secondary N) is 2. The fourth-order valence-electron chi connectivity index (χ4n) is 2.55. The van der Waals surface area contributed by atoms with Crippen LogP contribution >= 0.6 is 0 Å². The predicted molar refractivity (Wildman–Crippen MR) is 80.6 cm³/mol. The summed E-state index contributed by atoms with van der Waals surface area (Å²) in [5.41, 5.74) is 3.47. The Bertz CT molecular complexity index is 718. The Hall–Kier alpha value is -2.64. The first kappa shape index (κ1) is 13.3. The SMILES string of the molecule is N#Cc1ccccc1NC(=O)C1Cc2ccccc2CN1. The van der Waals surface area contributed by atoms with Crippen LogP contribution in [0.3, 0.4) is 0 Å². The van der Waals surface area contributed by atoms with Crippen molar-refractivity contribution in [2.24, 2.45) is 0 Å². The average molecular weight is 277 g/mol.